The van der Waals surface area contributed by atoms with Gasteiger partial charge in [-0.1, -0.05) is 30.3 Å². The van der Waals surface area contributed by atoms with Crippen LogP contribution in [-0.4, -0.2) is 24.7 Å². The fourth-order valence-electron chi connectivity index (χ4n) is 3.48. The molecule has 0 aliphatic rings. The highest BCUT2D eigenvalue weighted by Crippen LogP contribution is 2.25. The van der Waals surface area contributed by atoms with Crippen LogP contribution in [0.4, 0.5) is 0 Å². The van der Waals surface area contributed by atoms with Crippen molar-refractivity contribution in [3.8, 4) is 11.1 Å². The average Bonchev–Trinajstić information content (AvgIpc) is 3.11. The van der Waals surface area contributed by atoms with Gasteiger partial charge in [-0.25, -0.2) is 9.97 Å². The Morgan fingerprint density at radius 3 is 2.82 bits per heavy atom. The summed E-state index contributed by atoms with van der Waals surface area (Å²) in [5.74, 6) is 0. The smallest absolute Gasteiger partial charge is 0.280 e. The first kappa shape index (κ1) is 16.4. The molecule has 136 valence electrons. The second-order valence-electron chi connectivity index (χ2n) is 6.82. The number of nitrogens with one attached hydrogen (secondary N) is 1. The molecule has 0 bridgehead atoms. The maximum atomic E-state index is 12.7. The summed E-state index contributed by atoms with van der Waals surface area (Å²) in [7, 11) is 0. The lowest BCUT2D eigenvalue weighted by molar-refractivity contribution is 0.746. The average molecular weight is 367 g/mol. The Kier molecular flexibility index (Phi) is 3.76. The quantitative estimate of drug-likeness (QED) is 0.528. The number of hydrogen-bond acceptors (Lipinski definition) is 4. The summed E-state index contributed by atoms with van der Waals surface area (Å²) in [6, 6.07) is 18.0. The Morgan fingerprint density at radius 2 is 1.89 bits per heavy atom. The molecule has 0 saturated heterocycles. The highest BCUT2D eigenvalue weighted by atomic mass is 16.1. The van der Waals surface area contributed by atoms with Crippen LogP contribution < -0.4 is 5.56 Å². The maximum absolute atomic E-state index is 12.7. The molecule has 0 amide bonds. The number of benzene rings is 2. The van der Waals surface area contributed by atoms with E-state index in [0.29, 0.717) is 17.6 Å². The van der Waals surface area contributed by atoms with Crippen molar-refractivity contribution in [1.29, 1.82) is 0 Å². The van der Waals surface area contributed by atoms with E-state index in [0.717, 1.165) is 33.3 Å². The van der Waals surface area contributed by atoms with Gasteiger partial charge in [0.1, 0.15) is 0 Å². The molecule has 2 aromatic carbocycles. The summed E-state index contributed by atoms with van der Waals surface area (Å²) < 4.78 is 1.59. The molecule has 0 aliphatic carbocycles. The predicted octanol–water partition coefficient (Wildman–Crippen LogP) is 3.69. The zero-order valence-corrected chi connectivity index (χ0v) is 15.3. The van der Waals surface area contributed by atoms with Crippen LogP contribution in [0.1, 0.15) is 11.3 Å². The molecule has 5 aromatic rings. The number of fused-ring (bicyclic) bond motifs is 2. The van der Waals surface area contributed by atoms with Crippen LogP contribution in [0, 0.1) is 6.92 Å². The molecule has 0 atom stereocenters. The summed E-state index contributed by atoms with van der Waals surface area (Å²) in [5.41, 5.74) is 6.09. The summed E-state index contributed by atoms with van der Waals surface area (Å²) in [6.45, 7) is 2.43. The molecule has 6 heteroatoms. The van der Waals surface area contributed by atoms with E-state index in [1.54, 1.807) is 29.2 Å². The molecule has 0 fully saturated rings. The molecule has 3 aromatic heterocycles. The lowest BCUT2D eigenvalue weighted by atomic mass is 10.0. The molecule has 0 spiro atoms. The molecule has 6 nitrogen and oxygen atoms in total. The number of nitrogens with zero attached hydrogens (tertiary/aromatic N) is 4. The molecule has 0 aliphatic heterocycles. The fourth-order valence-corrected chi connectivity index (χ4v) is 3.48. The minimum Gasteiger partial charge on any atom is -0.293 e. The third kappa shape index (κ3) is 2.75. The van der Waals surface area contributed by atoms with Crippen molar-refractivity contribution >= 4 is 21.9 Å². The maximum Gasteiger partial charge on any atom is 0.280 e. The van der Waals surface area contributed by atoms with Crippen molar-refractivity contribution in [2.45, 2.75) is 13.5 Å². The van der Waals surface area contributed by atoms with E-state index in [-0.39, 0.29) is 5.56 Å². The molecule has 1 N–H and O–H groups in total. The zero-order chi connectivity index (χ0) is 19.1. The van der Waals surface area contributed by atoms with Crippen molar-refractivity contribution in [2.24, 2.45) is 0 Å². The largest absolute Gasteiger partial charge is 0.293 e. The van der Waals surface area contributed by atoms with Crippen LogP contribution in [-0.2, 0) is 6.54 Å². The number of aryl methyl sites for hydroxylation is 1. The lowest BCUT2D eigenvalue weighted by Gasteiger charge is -2.09. The van der Waals surface area contributed by atoms with Gasteiger partial charge in [0.25, 0.3) is 5.56 Å². The first-order chi connectivity index (χ1) is 13.7. The zero-order valence-electron chi connectivity index (χ0n) is 15.3. The van der Waals surface area contributed by atoms with E-state index in [4.69, 9.17) is 0 Å². The first-order valence-electron chi connectivity index (χ1n) is 9.03. The molecular weight excluding hydrogens is 350 g/mol. The normalized spacial score (nSPS) is 11.3. The van der Waals surface area contributed by atoms with Gasteiger partial charge in [-0.2, -0.15) is 5.10 Å². The van der Waals surface area contributed by atoms with Crippen LogP contribution in [0.5, 0.6) is 0 Å². The van der Waals surface area contributed by atoms with E-state index in [9.17, 15) is 4.79 Å². The number of hydrogen-bond donors (Lipinski definition) is 1. The van der Waals surface area contributed by atoms with Gasteiger partial charge in [-0.15, -0.1) is 0 Å². The van der Waals surface area contributed by atoms with Gasteiger partial charge < -0.3 is 0 Å². The lowest BCUT2D eigenvalue weighted by Crippen LogP contribution is -2.21. The van der Waals surface area contributed by atoms with Crippen LogP contribution in [0.3, 0.4) is 0 Å². The Balaban J connectivity index is 1.52. The van der Waals surface area contributed by atoms with Crippen LogP contribution >= 0.6 is 0 Å². The van der Waals surface area contributed by atoms with E-state index in [1.165, 1.54) is 0 Å². The highest BCUT2D eigenvalue weighted by molar-refractivity contribution is 5.86. The summed E-state index contributed by atoms with van der Waals surface area (Å²) in [5, 5.41) is 8.45. The molecular formula is C22H17N5O. The van der Waals surface area contributed by atoms with Gasteiger partial charge in [-0.05, 0) is 47.9 Å². The number of aromatic amines is 1. The second-order valence-corrected chi connectivity index (χ2v) is 6.82. The Hall–Kier alpha value is -3.80. The number of rotatable bonds is 3. The number of H-pyrrole nitrogens is 1. The van der Waals surface area contributed by atoms with Crippen LogP contribution in [0.25, 0.3) is 33.1 Å². The van der Waals surface area contributed by atoms with Gasteiger partial charge >= 0.3 is 0 Å². The van der Waals surface area contributed by atoms with Gasteiger partial charge in [0.2, 0.25) is 0 Å². The molecule has 5 rings (SSSR count). The Morgan fingerprint density at radius 1 is 1.00 bits per heavy atom. The summed E-state index contributed by atoms with van der Waals surface area (Å²) in [4.78, 5) is 21.2. The fraction of sp³-hybridized carbons (Fsp3) is 0.0909. The van der Waals surface area contributed by atoms with Crippen molar-refractivity contribution in [3.63, 3.8) is 0 Å². The number of pyridine rings is 1. The van der Waals surface area contributed by atoms with Crippen molar-refractivity contribution < 1.29 is 0 Å². The minimum absolute atomic E-state index is 0.134. The third-order valence-corrected chi connectivity index (χ3v) is 4.95. The van der Waals surface area contributed by atoms with E-state index < -0.39 is 0 Å². The molecule has 0 saturated carbocycles. The molecule has 0 radical (unpaired) electrons. The van der Waals surface area contributed by atoms with Crippen LogP contribution in [0.15, 0.2) is 71.9 Å². The van der Waals surface area contributed by atoms with Crippen molar-refractivity contribution in [1.82, 2.24) is 24.7 Å². The molecule has 0 unspecified atom stereocenters. The Labute approximate surface area is 160 Å². The van der Waals surface area contributed by atoms with E-state index in [1.807, 2.05) is 19.1 Å². The van der Waals surface area contributed by atoms with E-state index >= 15 is 0 Å². The third-order valence-electron chi connectivity index (χ3n) is 4.95. The predicted molar refractivity (Wildman–Crippen MR) is 109 cm³/mol. The van der Waals surface area contributed by atoms with E-state index in [2.05, 4.69) is 50.5 Å². The monoisotopic (exact) mass is 367 g/mol. The second kappa shape index (κ2) is 6.42. The van der Waals surface area contributed by atoms with Crippen molar-refractivity contribution in [3.05, 3.63) is 88.7 Å². The summed E-state index contributed by atoms with van der Waals surface area (Å²) in [6.07, 6.45) is 3.20. The number of aromatic nitrogens is 5. The van der Waals surface area contributed by atoms with Gasteiger partial charge in [0.05, 0.1) is 29.6 Å². The van der Waals surface area contributed by atoms with Crippen LogP contribution in [0.2, 0.25) is 0 Å². The van der Waals surface area contributed by atoms with Gasteiger partial charge in [0.15, 0.2) is 5.52 Å². The molecule has 3 heterocycles. The first-order valence-corrected chi connectivity index (χ1v) is 9.03. The Bertz CT molecular complexity index is 1380. The SMILES string of the molecule is Cc1n[nH]c2cc(-c3cccc(Cn4cnc5cccnc5c4=O)c3)ccc12. The van der Waals surface area contributed by atoms with Gasteiger partial charge in [-0.3, -0.25) is 14.5 Å². The topological polar surface area (TPSA) is 76.5 Å². The van der Waals surface area contributed by atoms with Crippen molar-refractivity contribution in [2.75, 3.05) is 0 Å². The molecule has 28 heavy (non-hydrogen) atoms. The highest BCUT2D eigenvalue weighted by Gasteiger charge is 2.08. The minimum atomic E-state index is -0.134. The summed E-state index contributed by atoms with van der Waals surface area (Å²) >= 11 is 0. The standard InChI is InChI=1S/C22H17N5O/c1-14-18-8-7-17(11-20(18)26-25-14)16-5-2-4-15(10-16)12-27-13-24-19-6-3-9-23-21(19)22(27)28/h2-11,13H,12H2,1H3,(H,25,26). The van der Waals surface area contributed by atoms with Gasteiger partial charge in [0, 0.05) is 11.6 Å².